The minimum absolute atomic E-state index is 0.126. The van der Waals surface area contributed by atoms with Crippen molar-refractivity contribution in [3.05, 3.63) is 24.3 Å². The van der Waals surface area contributed by atoms with Gasteiger partial charge in [0.1, 0.15) is 12.4 Å². The van der Waals surface area contributed by atoms with E-state index in [0.29, 0.717) is 0 Å². The van der Waals surface area contributed by atoms with E-state index in [1.165, 1.54) is 0 Å². The lowest BCUT2D eigenvalue weighted by Gasteiger charge is -2.32. The molecule has 0 aromatic heterocycles. The Hall–Kier alpha value is -3.84. The SMILES string of the molecule is O=C(OCCN(C(=O)C(F)(F)C(F)(F)C(F)(F)F)c1ccc(OC(=O)C(F)(F)C(F)(F)C(F)(F)F)cc1)C(F)(F)C(F)(F)C(F)(F)F. The molecule has 0 saturated carbocycles. The number of alkyl halides is 21. The molecule has 0 fully saturated rings. The highest BCUT2D eigenvalue weighted by Crippen LogP contribution is 2.49. The van der Waals surface area contributed by atoms with E-state index in [4.69, 9.17) is 0 Å². The average molecular weight is 741 g/mol. The van der Waals surface area contributed by atoms with E-state index in [1.807, 2.05) is 0 Å². The number of esters is 2. The highest BCUT2D eigenvalue weighted by molar-refractivity contribution is 5.99. The molecule has 6 nitrogen and oxygen atoms in total. The molecule has 0 heterocycles. The molecule has 1 amide bonds. The van der Waals surface area contributed by atoms with Gasteiger partial charge in [0.2, 0.25) is 0 Å². The number of carbonyl (C=O) groups excluding carboxylic acids is 3. The van der Waals surface area contributed by atoms with Crippen LogP contribution in [-0.2, 0) is 19.1 Å². The molecule has 0 aliphatic rings. The minimum Gasteiger partial charge on any atom is -0.459 e. The third-order valence-electron chi connectivity index (χ3n) is 5.18. The van der Waals surface area contributed by atoms with Crippen molar-refractivity contribution in [2.75, 3.05) is 18.1 Å². The zero-order valence-electron chi connectivity index (χ0n) is 21.1. The topological polar surface area (TPSA) is 72.9 Å². The Morgan fingerprint density at radius 3 is 1.21 bits per heavy atom. The van der Waals surface area contributed by atoms with Crippen molar-refractivity contribution >= 4 is 23.5 Å². The van der Waals surface area contributed by atoms with Crippen molar-refractivity contribution in [1.82, 2.24) is 0 Å². The molecular formula is C20H8F21NO5. The molecule has 0 N–H and O–H groups in total. The van der Waals surface area contributed by atoms with Crippen LogP contribution < -0.4 is 9.64 Å². The first-order valence-corrected chi connectivity index (χ1v) is 10.8. The molecule has 27 heteroatoms. The van der Waals surface area contributed by atoms with E-state index in [2.05, 4.69) is 9.47 Å². The predicted molar refractivity (Wildman–Crippen MR) is 103 cm³/mol. The van der Waals surface area contributed by atoms with Crippen LogP contribution in [-0.4, -0.2) is 85.1 Å². The van der Waals surface area contributed by atoms with Gasteiger partial charge in [-0.1, -0.05) is 0 Å². The second kappa shape index (κ2) is 12.3. The number of halogens is 21. The third-order valence-corrected chi connectivity index (χ3v) is 5.18. The van der Waals surface area contributed by atoms with Crippen LogP contribution in [0.4, 0.5) is 97.9 Å². The van der Waals surface area contributed by atoms with E-state index < -0.39 is 101 Å². The van der Waals surface area contributed by atoms with E-state index in [-0.39, 0.29) is 24.3 Å². The molecule has 1 rings (SSSR count). The highest BCUT2D eigenvalue weighted by atomic mass is 19.4. The normalized spacial score (nSPS) is 14.5. The summed E-state index contributed by atoms with van der Waals surface area (Å²) < 4.78 is 278. The predicted octanol–water partition coefficient (Wildman–Crippen LogP) is 6.97. The summed E-state index contributed by atoms with van der Waals surface area (Å²) in [5, 5.41) is 0. The molecular weight excluding hydrogens is 733 g/mol. The summed E-state index contributed by atoms with van der Waals surface area (Å²) in [5.41, 5.74) is -1.57. The first kappa shape index (κ1) is 41.2. The van der Waals surface area contributed by atoms with Gasteiger partial charge in [-0.05, 0) is 24.3 Å². The van der Waals surface area contributed by atoms with Gasteiger partial charge in [0, 0.05) is 5.69 Å². The maximum Gasteiger partial charge on any atom is 0.460 e. The minimum atomic E-state index is -7.31. The Morgan fingerprint density at radius 1 is 0.511 bits per heavy atom. The quantitative estimate of drug-likeness (QED) is 0.139. The Balaban J connectivity index is 3.48. The summed E-state index contributed by atoms with van der Waals surface area (Å²) >= 11 is 0. The molecule has 0 saturated heterocycles. The molecule has 1 aromatic carbocycles. The molecule has 0 aliphatic heterocycles. The van der Waals surface area contributed by atoms with Crippen LogP contribution in [0.3, 0.4) is 0 Å². The maximum absolute atomic E-state index is 14.1. The van der Waals surface area contributed by atoms with E-state index in [9.17, 15) is 107 Å². The number of amides is 1. The molecule has 0 atom stereocenters. The van der Waals surface area contributed by atoms with Gasteiger partial charge in [0.05, 0.1) is 6.54 Å². The first-order valence-electron chi connectivity index (χ1n) is 10.8. The molecule has 270 valence electrons. The number of nitrogens with zero attached hydrogens (tertiary/aromatic N) is 1. The monoisotopic (exact) mass is 741 g/mol. The zero-order valence-corrected chi connectivity index (χ0v) is 21.1. The van der Waals surface area contributed by atoms with Crippen molar-refractivity contribution in [3.63, 3.8) is 0 Å². The van der Waals surface area contributed by atoms with Crippen LogP contribution in [0.5, 0.6) is 5.75 Å². The molecule has 0 unspecified atom stereocenters. The third kappa shape index (κ3) is 7.35. The fourth-order valence-electron chi connectivity index (χ4n) is 2.63. The number of hydrogen-bond donors (Lipinski definition) is 0. The lowest BCUT2D eigenvalue weighted by Crippen LogP contribution is -2.60. The van der Waals surface area contributed by atoms with Crippen LogP contribution in [0.2, 0.25) is 0 Å². The van der Waals surface area contributed by atoms with Gasteiger partial charge in [0.25, 0.3) is 0 Å². The number of benzene rings is 1. The summed E-state index contributed by atoms with van der Waals surface area (Å²) in [7, 11) is 0. The molecule has 0 radical (unpaired) electrons. The van der Waals surface area contributed by atoms with Crippen LogP contribution in [0, 0.1) is 0 Å². The fourth-order valence-corrected chi connectivity index (χ4v) is 2.63. The maximum atomic E-state index is 14.1. The largest absolute Gasteiger partial charge is 0.460 e. The highest BCUT2D eigenvalue weighted by Gasteiger charge is 2.79. The van der Waals surface area contributed by atoms with Crippen molar-refractivity contribution in [1.29, 1.82) is 0 Å². The van der Waals surface area contributed by atoms with Gasteiger partial charge in [-0.3, -0.25) is 4.79 Å². The average Bonchev–Trinajstić information content (AvgIpc) is 2.88. The van der Waals surface area contributed by atoms with Crippen LogP contribution >= 0.6 is 0 Å². The van der Waals surface area contributed by atoms with Crippen molar-refractivity contribution in [3.8, 4) is 5.75 Å². The van der Waals surface area contributed by atoms with Crippen LogP contribution in [0.15, 0.2) is 24.3 Å². The van der Waals surface area contributed by atoms with Crippen molar-refractivity contribution in [2.24, 2.45) is 0 Å². The van der Waals surface area contributed by atoms with E-state index >= 15 is 0 Å². The van der Waals surface area contributed by atoms with Crippen LogP contribution in [0.1, 0.15) is 0 Å². The number of anilines is 1. The van der Waals surface area contributed by atoms with Crippen LogP contribution in [0.25, 0.3) is 0 Å². The van der Waals surface area contributed by atoms with Gasteiger partial charge in [0.15, 0.2) is 0 Å². The van der Waals surface area contributed by atoms with E-state index in [1.54, 1.807) is 0 Å². The second-order valence-electron chi connectivity index (χ2n) is 8.42. The smallest absolute Gasteiger partial charge is 0.459 e. The summed E-state index contributed by atoms with van der Waals surface area (Å²) in [6.07, 6.45) is -21.5. The standard InChI is InChI=1S/C20H8F21NO5/c21-12(22,15(27,28)18(33,34)35)9(43)42(5-6-46-10(44)13(23,24)16(29,30)19(36,37)38)7-1-3-8(4-2-7)47-11(45)14(25,26)17(31,32)20(39,40)41/h1-4H,5-6H2. The van der Waals surface area contributed by atoms with Gasteiger partial charge < -0.3 is 14.4 Å². The second-order valence-corrected chi connectivity index (χ2v) is 8.42. The lowest BCUT2D eigenvalue weighted by molar-refractivity contribution is -0.348. The lowest BCUT2D eigenvalue weighted by atomic mass is 10.1. The number of carbonyl (C=O) groups is 3. The Morgan fingerprint density at radius 2 is 0.851 bits per heavy atom. The summed E-state index contributed by atoms with van der Waals surface area (Å²) in [4.78, 5) is 33.5. The Bertz CT molecular complexity index is 1310. The first-order chi connectivity index (χ1) is 20.5. The van der Waals surface area contributed by atoms with Crippen molar-refractivity contribution in [2.45, 2.75) is 54.1 Å². The van der Waals surface area contributed by atoms with Gasteiger partial charge in [-0.15, -0.1) is 0 Å². The number of rotatable bonds is 11. The fraction of sp³-hybridized carbons (Fsp3) is 0.550. The number of ether oxygens (including phenoxy) is 2. The zero-order chi connectivity index (χ0) is 37.6. The van der Waals surface area contributed by atoms with Gasteiger partial charge in [-0.25, -0.2) is 9.59 Å². The Labute approximate surface area is 242 Å². The van der Waals surface area contributed by atoms with Gasteiger partial charge >= 0.3 is 71.9 Å². The van der Waals surface area contributed by atoms with E-state index in [0.717, 1.165) is 0 Å². The molecule has 0 bridgehead atoms. The Kier molecular flexibility index (Phi) is 10.8. The molecule has 47 heavy (non-hydrogen) atoms. The molecule has 0 spiro atoms. The van der Waals surface area contributed by atoms with Crippen molar-refractivity contribution < 1.29 is 116 Å². The number of hydrogen-bond acceptors (Lipinski definition) is 5. The molecule has 1 aromatic rings. The molecule has 0 aliphatic carbocycles. The summed E-state index contributed by atoms with van der Waals surface area (Å²) in [6, 6.07) is -0.508. The summed E-state index contributed by atoms with van der Waals surface area (Å²) in [5.74, 6) is -54.8. The summed E-state index contributed by atoms with van der Waals surface area (Å²) in [6.45, 7) is -4.48. The van der Waals surface area contributed by atoms with Gasteiger partial charge in [-0.2, -0.15) is 92.2 Å².